The second-order valence-electron chi connectivity index (χ2n) is 18.9. The van der Waals surface area contributed by atoms with Crippen LogP contribution in [0.2, 0.25) is 0 Å². The maximum atomic E-state index is 12.9. The van der Waals surface area contributed by atoms with Crippen molar-refractivity contribution in [2.45, 2.75) is 187 Å². The van der Waals surface area contributed by atoms with E-state index >= 15 is 0 Å². The van der Waals surface area contributed by atoms with Gasteiger partial charge < -0.3 is 19.8 Å². The number of nitrogens with zero attached hydrogens (tertiary/aromatic N) is 1. The Bertz CT molecular complexity index is 1700. The highest BCUT2D eigenvalue weighted by Crippen LogP contribution is 2.43. The van der Waals surface area contributed by atoms with E-state index in [0.717, 1.165) is 128 Å². The number of phosphoric ester groups is 1. The Morgan fingerprint density at radius 2 is 0.845 bits per heavy atom. The van der Waals surface area contributed by atoms with Gasteiger partial charge in [0.25, 0.3) is 0 Å². The molecular weight excluding hydrogens is 900 g/mol. The third kappa shape index (κ3) is 53.7. The molecule has 1 amide bonds. The van der Waals surface area contributed by atoms with Crippen LogP contribution in [-0.2, 0) is 18.4 Å². The highest BCUT2D eigenvalue weighted by atomic mass is 31.2. The fourth-order valence-corrected chi connectivity index (χ4v) is 7.46. The van der Waals surface area contributed by atoms with Gasteiger partial charge in [0.05, 0.1) is 39.9 Å². The van der Waals surface area contributed by atoms with E-state index in [1.165, 1.54) is 25.7 Å². The molecule has 0 spiro atoms. The molecule has 0 heterocycles. The summed E-state index contributed by atoms with van der Waals surface area (Å²) in [6, 6.07) is -0.869. The zero-order valence-corrected chi connectivity index (χ0v) is 46.3. The Morgan fingerprint density at radius 3 is 1.24 bits per heavy atom. The summed E-state index contributed by atoms with van der Waals surface area (Å²) in [5, 5.41) is 13.7. The fraction of sp³-hybridized carbons (Fsp3) is 0.565. The minimum absolute atomic E-state index is 0.0472. The summed E-state index contributed by atoms with van der Waals surface area (Å²) in [6.07, 6.45) is 80.8. The molecule has 3 atom stereocenters. The number of unbranched alkanes of at least 4 members (excludes halogenated alkanes) is 10. The summed E-state index contributed by atoms with van der Waals surface area (Å²) in [4.78, 5) is 23.1. The first-order valence-electron chi connectivity index (χ1n) is 27.4. The second-order valence-corrected chi connectivity index (χ2v) is 20.3. The van der Waals surface area contributed by atoms with E-state index in [-0.39, 0.29) is 19.1 Å². The van der Waals surface area contributed by atoms with Gasteiger partial charge in [-0.05, 0) is 109 Å². The largest absolute Gasteiger partial charge is 0.472 e. The van der Waals surface area contributed by atoms with Crippen LogP contribution in [0.1, 0.15) is 174 Å². The van der Waals surface area contributed by atoms with Crippen LogP contribution in [-0.4, -0.2) is 73.4 Å². The Hall–Kier alpha value is -3.88. The molecular formula is C62H102N2O6P+. The number of quaternary nitrogens is 1. The van der Waals surface area contributed by atoms with Crippen LogP contribution in [0.5, 0.6) is 0 Å². The Balaban J connectivity index is 4.12. The lowest BCUT2D eigenvalue weighted by molar-refractivity contribution is -0.870. The van der Waals surface area contributed by atoms with E-state index in [1.54, 1.807) is 6.08 Å². The average Bonchev–Trinajstić information content (AvgIpc) is 3.33. The first-order valence-corrected chi connectivity index (χ1v) is 28.9. The maximum absolute atomic E-state index is 12.9. The molecule has 9 heteroatoms. The molecule has 0 bridgehead atoms. The van der Waals surface area contributed by atoms with Crippen LogP contribution in [0.25, 0.3) is 0 Å². The number of amides is 1. The fourth-order valence-electron chi connectivity index (χ4n) is 6.73. The number of allylic oxidation sites excluding steroid dienone is 25. The number of hydrogen-bond donors (Lipinski definition) is 3. The van der Waals surface area contributed by atoms with Gasteiger partial charge in [0, 0.05) is 6.42 Å². The van der Waals surface area contributed by atoms with E-state index in [4.69, 9.17) is 9.05 Å². The van der Waals surface area contributed by atoms with Crippen molar-refractivity contribution in [1.82, 2.24) is 5.32 Å². The van der Waals surface area contributed by atoms with Gasteiger partial charge in [-0.1, -0.05) is 217 Å². The molecule has 0 fully saturated rings. The van der Waals surface area contributed by atoms with Crippen molar-refractivity contribution in [1.29, 1.82) is 0 Å². The Kier molecular flexibility index (Phi) is 48.2. The molecule has 0 aromatic heterocycles. The summed E-state index contributed by atoms with van der Waals surface area (Å²) in [6.45, 7) is 4.60. The molecule has 0 saturated carbocycles. The van der Waals surface area contributed by atoms with Crippen molar-refractivity contribution in [2.24, 2.45) is 0 Å². The molecule has 3 unspecified atom stereocenters. The van der Waals surface area contributed by atoms with Gasteiger partial charge in [-0.2, -0.15) is 0 Å². The summed E-state index contributed by atoms with van der Waals surface area (Å²) < 4.78 is 23.5. The molecule has 8 nitrogen and oxygen atoms in total. The van der Waals surface area contributed by atoms with Gasteiger partial charge in [0.1, 0.15) is 13.2 Å². The number of phosphoric acid groups is 1. The van der Waals surface area contributed by atoms with Gasteiger partial charge in [0.2, 0.25) is 5.91 Å². The first-order chi connectivity index (χ1) is 34.5. The molecule has 71 heavy (non-hydrogen) atoms. The minimum Gasteiger partial charge on any atom is -0.387 e. The van der Waals surface area contributed by atoms with E-state index in [1.807, 2.05) is 27.2 Å². The molecule has 0 radical (unpaired) electrons. The van der Waals surface area contributed by atoms with Gasteiger partial charge in [-0.25, -0.2) is 4.57 Å². The van der Waals surface area contributed by atoms with Crippen molar-refractivity contribution in [3.63, 3.8) is 0 Å². The van der Waals surface area contributed by atoms with Gasteiger partial charge in [-0.15, -0.1) is 0 Å². The number of likely N-dealkylation sites (N-methyl/N-ethyl adjacent to an activating group) is 1. The van der Waals surface area contributed by atoms with E-state index < -0.39 is 20.0 Å². The van der Waals surface area contributed by atoms with Crippen molar-refractivity contribution in [3.05, 3.63) is 158 Å². The third-order valence-electron chi connectivity index (χ3n) is 11.0. The lowest BCUT2D eigenvalue weighted by Gasteiger charge is -2.25. The van der Waals surface area contributed by atoms with Crippen molar-refractivity contribution >= 4 is 13.7 Å². The quantitative estimate of drug-likeness (QED) is 0.0243. The Labute approximate surface area is 435 Å². The lowest BCUT2D eigenvalue weighted by Crippen LogP contribution is -2.45. The molecule has 0 rings (SSSR count). The number of aliphatic hydroxyl groups is 1. The normalized spacial score (nSPS) is 15.2. The smallest absolute Gasteiger partial charge is 0.387 e. The van der Waals surface area contributed by atoms with Crippen LogP contribution in [0, 0.1) is 0 Å². The average molecular weight is 1000 g/mol. The summed E-state index contributed by atoms with van der Waals surface area (Å²) in [5.74, 6) is -0.213. The van der Waals surface area contributed by atoms with E-state index in [0.29, 0.717) is 17.4 Å². The van der Waals surface area contributed by atoms with Crippen molar-refractivity contribution in [3.8, 4) is 0 Å². The standard InChI is InChI=1S/C62H101N2O6P/c1-6-8-10-12-14-16-17-18-19-20-21-22-23-24-25-26-27-28-29-30-31-32-33-34-35-36-37-38-39-40-41-42-43-44-45-46-47-48-50-52-54-56-62(66)63-60(59-70-71(67,68)69-58-57-64(3,4)5)61(65)55-53-51-49-15-13-11-9-7-2/h8,10,14,16,18-19,21-22,24-25,27-28,30-31,33-34,36-37,39-40,42-43,45-46,53,55,60-61,65H,6-7,9,11-13,15,17,20,23,26,29,32,35,38,41,44,47-52,54,56-59H2,1-5H3,(H-,63,66,67,68)/p+1/b10-8-,16-14-,19-18-,22-21-,25-24-,28-27-,31-30-,34-33-,37-36-,40-39-,43-42-,46-45-,55-53+. The first kappa shape index (κ1) is 67.1. The minimum atomic E-state index is -4.35. The molecule has 0 aliphatic rings. The molecule has 0 aliphatic carbocycles. The molecule has 400 valence electrons. The highest BCUT2D eigenvalue weighted by molar-refractivity contribution is 7.47. The van der Waals surface area contributed by atoms with Crippen molar-refractivity contribution < 1.29 is 32.9 Å². The van der Waals surface area contributed by atoms with E-state index in [9.17, 15) is 19.4 Å². The van der Waals surface area contributed by atoms with Crippen LogP contribution in [0.4, 0.5) is 0 Å². The van der Waals surface area contributed by atoms with Gasteiger partial charge in [0.15, 0.2) is 0 Å². The third-order valence-corrected chi connectivity index (χ3v) is 12.0. The lowest BCUT2D eigenvalue weighted by atomic mass is 10.1. The number of rotatable bonds is 47. The predicted octanol–water partition coefficient (Wildman–Crippen LogP) is 16.7. The second kappa shape index (κ2) is 51.0. The Morgan fingerprint density at radius 1 is 0.493 bits per heavy atom. The molecule has 3 N–H and O–H groups in total. The summed E-state index contributed by atoms with van der Waals surface area (Å²) in [7, 11) is 1.52. The summed E-state index contributed by atoms with van der Waals surface area (Å²) >= 11 is 0. The van der Waals surface area contributed by atoms with Crippen LogP contribution in [0.15, 0.2) is 158 Å². The number of nitrogens with one attached hydrogen (secondary N) is 1. The SMILES string of the molecule is CC/C=C\C/C=C\C/C=C\C/C=C\C/C=C\C/C=C\C/C=C\C/C=C\C/C=C\C/C=C\C/C=C\C/C=C\CCCCCCC(=O)NC(COP(=O)(O)OCC[N+](C)(C)C)C(O)/C=C/CCCCCCCC. The van der Waals surface area contributed by atoms with E-state index in [2.05, 4.69) is 165 Å². The highest BCUT2D eigenvalue weighted by Gasteiger charge is 2.27. The zero-order chi connectivity index (χ0) is 52.0. The monoisotopic (exact) mass is 1000 g/mol. The van der Waals surface area contributed by atoms with Crippen molar-refractivity contribution in [2.75, 3.05) is 40.9 Å². The molecule has 0 aromatic rings. The predicted molar refractivity (Wildman–Crippen MR) is 308 cm³/mol. The zero-order valence-electron chi connectivity index (χ0n) is 45.4. The number of hydrogen-bond acceptors (Lipinski definition) is 5. The van der Waals surface area contributed by atoms with Crippen LogP contribution >= 0.6 is 7.82 Å². The number of aliphatic hydroxyl groups excluding tert-OH is 1. The van der Waals surface area contributed by atoms with Crippen LogP contribution < -0.4 is 5.32 Å². The molecule has 0 saturated heterocycles. The molecule has 0 aromatic carbocycles. The van der Waals surface area contributed by atoms with Crippen LogP contribution in [0.3, 0.4) is 0 Å². The summed E-state index contributed by atoms with van der Waals surface area (Å²) in [5.41, 5.74) is 0. The number of carbonyl (C=O) groups excluding carboxylic acids is 1. The van der Waals surface area contributed by atoms with Gasteiger partial charge >= 0.3 is 7.82 Å². The number of carbonyl (C=O) groups is 1. The maximum Gasteiger partial charge on any atom is 0.472 e. The molecule has 0 aliphatic heterocycles. The van der Waals surface area contributed by atoms with Gasteiger partial charge in [-0.3, -0.25) is 13.8 Å². The topological polar surface area (TPSA) is 105 Å².